The van der Waals surface area contributed by atoms with Crippen molar-refractivity contribution in [2.75, 3.05) is 6.54 Å². The van der Waals surface area contributed by atoms with E-state index in [9.17, 15) is 12.8 Å². The van der Waals surface area contributed by atoms with Crippen molar-refractivity contribution in [3.05, 3.63) is 35.6 Å². The minimum atomic E-state index is -3.59. The normalized spacial score (nSPS) is 13.2. The number of sulfonamides is 1. The standard InChI is InChI=1S/C12H17FN2O2S2/c1-2-11(12(14)18)19(16,17)15-8-7-9-5-3-4-6-10(9)13/h3-6,11,15H,2,7-8H2,1H3,(H2,14,18). The first-order chi connectivity index (χ1) is 8.88. The smallest absolute Gasteiger partial charge is 0.221 e. The molecule has 0 aliphatic carbocycles. The van der Waals surface area contributed by atoms with Crippen LogP contribution in [0.15, 0.2) is 24.3 Å². The van der Waals surface area contributed by atoms with E-state index < -0.39 is 15.3 Å². The van der Waals surface area contributed by atoms with Gasteiger partial charge in [0, 0.05) is 6.54 Å². The van der Waals surface area contributed by atoms with Crippen LogP contribution in [0.5, 0.6) is 0 Å². The van der Waals surface area contributed by atoms with E-state index in [-0.39, 0.29) is 23.8 Å². The number of nitrogens with two attached hydrogens (primary N) is 1. The number of nitrogens with one attached hydrogen (secondary N) is 1. The van der Waals surface area contributed by atoms with Gasteiger partial charge in [0.1, 0.15) is 11.1 Å². The van der Waals surface area contributed by atoms with Crippen LogP contribution in [0, 0.1) is 5.82 Å². The largest absolute Gasteiger partial charge is 0.392 e. The molecule has 1 atom stereocenters. The van der Waals surface area contributed by atoms with Gasteiger partial charge in [0.2, 0.25) is 10.0 Å². The van der Waals surface area contributed by atoms with Crippen molar-refractivity contribution in [3.8, 4) is 0 Å². The van der Waals surface area contributed by atoms with E-state index in [1.165, 1.54) is 6.07 Å². The van der Waals surface area contributed by atoms with Gasteiger partial charge >= 0.3 is 0 Å². The summed E-state index contributed by atoms with van der Waals surface area (Å²) in [5.74, 6) is -0.344. The van der Waals surface area contributed by atoms with Gasteiger partial charge in [0.25, 0.3) is 0 Å². The SMILES string of the molecule is CCC(C(N)=S)S(=O)(=O)NCCc1ccccc1F. The summed E-state index contributed by atoms with van der Waals surface area (Å²) in [5, 5.41) is -0.886. The number of hydrogen-bond acceptors (Lipinski definition) is 3. The molecule has 1 aromatic carbocycles. The van der Waals surface area contributed by atoms with Crippen LogP contribution in [0.2, 0.25) is 0 Å². The van der Waals surface area contributed by atoms with Crippen LogP contribution in [-0.4, -0.2) is 25.2 Å². The van der Waals surface area contributed by atoms with E-state index in [4.69, 9.17) is 18.0 Å². The molecular weight excluding hydrogens is 287 g/mol. The predicted molar refractivity (Wildman–Crippen MR) is 77.9 cm³/mol. The summed E-state index contributed by atoms with van der Waals surface area (Å²) in [7, 11) is -3.59. The summed E-state index contributed by atoms with van der Waals surface area (Å²) in [5.41, 5.74) is 5.86. The molecule has 0 bridgehead atoms. The molecule has 0 aromatic heterocycles. The second-order valence-electron chi connectivity index (χ2n) is 4.08. The van der Waals surface area contributed by atoms with Crippen LogP contribution < -0.4 is 10.5 Å². The number of halogens is 1. The van der Waals surface area contributed by atoms with Gasteiger partial charge < -0.3 is 5.73 Å². The van der Waals surface area contributed by atoms with E-state index >= 15 is 0 Å². The van der Waals surface area contributed by atoms with Crippen molar-refractivity contribution in [3.63, 3.8) is 0 Å². The third-order valence-corrected chi connectivity index (χ3v) is 5.09. The average molecular weight is 304 g/mol. The molecule has 19 heavy (non-hydrogen) atoms. The molecule has 3 N–H and O–H groups in total. The molecule has 0 amide bonds. The molecule has 4 nitrogen and oxygen atoms in total. The molecule has 1 rings (SSSR count). The van der Waals surface area contributed by atoms with Gasteiger partial charge in [-0.1, -0.05) is 37.3 Å². The lowest BCUT2D eigenvalue weighted by molar-refractivity contribution is 0.571. The van der Waals surface area contributed by atoms with Crippen LogP contribution in [-0.2, 0) is 16.4 Å². The summed E-state index contributed by atoms with van der Waals surface area (Å²) < 4.78 is 39.6. The summed E-state index contributed by atoms with van der Waals surface area (Å²) in [6.45, 7) is 1.81. The molecule has 0 aliphatic rings. The Hall–Kier alpha value is -1.05. The highest BCUT2D eigenvalue weighted by atomic mass is 32.2. The van der Waals surface area contributed by atoms with Crippen molar-refractivity contribution in [1.82, 2.24) is 4.72 Å². The Morgan fingerprint density at radius 1 is 1.47 bits per heavy atom. The molecule has 7 heteroatoms. The Morgan fingerprint density at radius 2 is 2.11 bits per heavy atom. The minimum Gasteiger partial charge on any atom is -0.392 e. The lowest BCUT2D eigenvalue weighted by atomic mass is 10.1. The zero-order chi connectivity index (χ0) is 14.5. The zero-order valence-electron chi connectivity index (χ0n) is 10.6. The number of thiocarbonyl (C=S) groups is 1. The molecular formula is C12H17FN2O2S2. The maximum Gasteiger partial charge on any atom is 0.221 e. The van der Waals surface area contributed by atoms with Crippen LogP contribution in [0.1, 0.15) is 18.9 Å². The van der Waals surface area contributed by atoms with Gasteiger partial charge in [0.05, 0.1) is 4.99 Å². The quantitative estimate of drug-likeness (QED) is 0.746. The van der Waals surface area contributed by atoms with Crippen molar-refractivity contribution in [2.45, 2.75) is 25.0 Å². The van der Waals surface area contributed by atoms with E-state index in [1.807, 2.05) is 0 Å². The van der Waals surface area contributed by atoms with Crippen molar-refractivity contribution < 1.29 is 12.8 Å². The van der Waals surface area contributed by atoms with Crippen LogP contribution in [0.4, 0.5) is 4.39 Å². The minimum absolute atomic E-state index is 0.0547. The fourth-order valence-electron chi connectivity index (χ4n) is 1.70. The first kappa shape index (κ1) is 16.0. The Kier molecular flexibility index (Phi) is 5.84. The van der Waals surface area contributed by atoms with E-state index in [0.717, 1.165) is 0 Å². The third kappa shape index (κ3) is 4.52. The Bertz CT molecular complexity index is 546. The topological polar surface area (TPSA) is 72.2 Å². The lowest BCUT2D eigenvalue weighted by Crippen LogP contribution is -2.42. The van der Waals surface area contributed by atoms with Crippen LogP contribution in [0.25, 0.3) is 0 Å². The Balaban J connectivity index is 2.62. The molecule has 0 saturated heterocycles. The van der Waals surface area contributed by atoms with Crippen LogP contribution >= 0.6 is 12.2 Å². The summed E-state index contributed by atoms with van der Waals surface area (Å²) in [6, 6.07) is 6.25. The highest BCUT2D eigenvalue weighted by Crippen LogP contribution is 2.08. The maximum atomic E-state index is 13.3. The molecule has 0 heterocycles. The molecule has 0 spiro atoms. The second kappa shape index (κ2) is 6.93. The third-order valence-electron chi connectivity index (χ3n) is 2.72. The fourth-order valence-corrected chi connectivity index (χ4v) is 3.58. The molecule has 0 saturated carbocycles. The molecule has 1 aromatic rings. The zero-order valence-corrected chi connectivity index (χ0v) is 12.2. The van der Waals surface area contributed by atoms with Crippen molar-refractivity contribution >= 4 is 27.2 Å². The van der Waals surface area contributed by atoms with Crippen molar-refractivity contribution in [1.29, 1.82) is 0 Å². The number of benzene rings is 1. The Morgan fingerprint density at radius 3 is 2.63 bits per heavy atom. The highest BCUT2D eigenvalue weighted by Gasteiger charge is 2.25. The fraction of sp³-hybridized carbons (Fsp3) is 0.417. The Labute approximate surface area is 118 Å². The van der Waals surface area contributed by atoms with Gasteiger partial charge in [-0.15, -0.1) is 0 Å². The van der Waals surface area contributed by atoms with Gasteiger partial charge in [-0.05, 0) is 24.5 Å². The monoisotopic (exact) mass is 304 g/mol. The molecule has 1 unspecified atom stereocenters. The first-order valence-electron chi connectivity index (χ1n) is 5.89. The van der Waals surface area contributed by atoms with Gasteiger partial charge in [-0.2, -0.15) is 0 Å². The lowest BCUT2D eigenvalue weighted by Gasteiger charge is -2.15. The molecule has 0 aliphatic heterocycles. The molecule has 0 radical (unpaired) electrons. The molecule has 0 fully saturated rings. The summed E-state index contributed by atoms with van der Waals surface area (Å²) >= 11 is 4.73. The highest BCUT2D eigenvalue weighted by molar-refractivity contribution is 7.93. The van der Waals surface area contributed by atoms with Gasteiger partial charge in [-0.3, -0.25) is 0 Å². The van der Waals surface area contributed by atoms with Gasteiger partial charge in [-0.25, -0.2) is 17.5 Å². The first-order valence-corrected chi connectivity index (χ1v) is 7.85. The predicted octanol–water partition coefficient (Wildman–Crippen LogP) is 1.35. The van der Waals surface area contributed by atoms with Gasteiger partial charge in [0.15, 0.2) is 0 Å². The number of hydrogen-bond donors (Lipinski definition) is 2. The molecule has 106 valence electrons. The van der Waals surface area contributed by atoms with Crippen LogP contribution in [0.3, 0.4) is 0 Å². The van der Waals surface area contributed by atoms with E-state index in [1.54, 1.807) is 25.1 Å². The van der Waals surface area contributed by atoms with Crippen molar-refractivity contribution in [2.24, 2.45) is 5.73 Å². The summed E-state index contributed by atoms with van der Waals surface area (Å²) in [6.07, 6.45) is 0.587. The summed E-state index contributed by atoms with van der Waals surface area (Å²) in [4.78, 5) is -0.0547. The maximum absolute atomic E-state index is 13.3. The van der Waals surface area contributed by atoms with E-state index in [2.05, 4.69) is 4.72 Å². The number of rotatable bonds is 7. The van der Waals surface area contributed by atoms with E-state index in [0.29, 0.717) is 12.0 Å². The average Bonchev–Trinajstić information content (AvgIpc) is 2.31. The second-order valence-corrected chi connectivity index (χ2v) is 6.50.